The zero-order valence-corrected chi connectivity index (χ0v) is 11.0. The lowest BCUT2D eigenvalue weighted by atomic mass is 10.1. The summed E-state index contributed by atoms with van der Waals surface area (Å²) in [5.74, 6) is -0.519. The van der Waals surface area contributed by atoms with E-state index in [2.05, 4.69) is 5.43 Å². The predicted molar refractivity (Wildman–Crippen MR) is 71.2 cm³/mol. The first-order valence-electron chi connectivity index (χ1n) is 5.47. The minimum atomic E-state index is -3.48. The molecule has 2 N–H and O–H groups in total. The average Bonchev–Trinajstić information content (AvgIpc) is 2.89. The Morgan fingerprint density at radius 2 is 1.74 bits per heavy atom. The molecule has 2 aromatic rings. The third-order valence-corrected chi connectivity index (χ3v) is 2.85. The van der Waals surface area contributed by atoms with E-state index in [9.17, 15) is 13.2 Å². The number of nitrogens with zero attached hydrogens (tertiary/aromatic N) is 1. The van der Waals surface area contributed by atoms with E-state index in [4.69, 9.17) is 0 Å². The van der Waals surface area contributed by atoms with Crippen molar-refractivity contribution in [2.75, 3.05) is 6.26 Å². The summed E-state index contributed by atoms with van der Waals surface area (Å²) in [6.07, 6.45) is 4.57. The van der Waals surface area contributed by atoms with Gasteiger partial charge in [0.25, 0.3) is 5.91 Å². The van der Waals surface area contributed by atoms with Crippen molar-refractivity contribution >= 4 is 15.9 Å². The number of rotatable bonds is 4. The molecule has 0 aliphatic carbocycles. The van der Waals surface area contributed by atoms with Crippen LogP contribution in [0.1, 0.15) is 10.4 Å². The summed E-state index contributed by atoms with van der Waals surface area (Å²) in [5.41, 5.74) is 3.19. The number of benzene rings is 1. The van der Waals surface area contributed by atoms with Crippen molar-refractivity contribution < 1.29 is 13.2 Å². The number of amides is 1. The van der Waals surface area contributed by atoms with E-state index in [1.807, 2.05) is 17.0 Å². The Bertz CT molecular complexity index is 678. The Balaban J connectivity index is 2.28. The maximum absolute atomic E-state index is 12.0. The maximum Gasteiger partial charge on any atom is 0.268 e. The van der Waals surface area contributed by atoms with Gasteiger partial charge < -0.3 is 4.57 Å². The van der Waals surface area contributed by atoms with Crippen LogP contribution < -0.4 is 10.3 Å². The van der Waals surface area contributed by atoms with Gasteiger partial charge in [-0.15, -0.1) is 4.83 Å². The predicted octanol–water partition coefficient (Wildman–Crippen LogP) is 0.671. The van der Waals surface area contributed by atoms with Gasteiger partial charge in [-0.05, 0) is 24.3 Å². The lowest BCUT2D eigenvalue weighted by Gasteiger charge is -2.10. The zero-order valence-electron chi connectivity index (χ0n) is 10.2. The van der Waals surface area contributed by atoms with E-state index >= 15 is 0 Å². The van der Waals surface area contributed by atoms with Crippen LogP contribution in [-0.4, -0.2) is 25.1 Å². The molecule has 1 amide bonds. The van der Waals surface area contributed by atoms with E-state index in [1.54, 1.807) is 41.2 Å². The summed E-state index contributed by atoms with van der Waals surface area (Å²) in [7, 11) is -3.48. The average molecular weight is 279 g/mol. The number of hydrazine groups is 1. The minimum Gasteiger partial charge on any atom is -0.323 e. The van der Waals surface area contributed by atoms with E-state index in [1.165, 1.54) is 0 Å². The van der Waals surface area contributed by atoms with Crippen molar-refractivity contribution in [3.05, 3.63) is 54.4 Å². The van der Waals surface area contributed by atoms with Crippen LogP contribution in [-0.2, 0) is 10.0 Å². The van der Waals surface area contributed by atoms with Gasteiger partial charge in [0.1, 0.15) is 0 Å². The Hall–Kier alpha value is -2.12. The van der Waals surface area contributed by atoms with Gasteiger partial charge in [-0.25, -0.2) is 8.42 Å². The van der Waals surface area contributed by atoms with Gasteiger partial charge >= 0.3 is 0 Å². The fourth-order valence-electron chi connectivity index (χ4n) is 1.59. The molecule has 100 valence electrons. The molecule has 2 rings (SSSR count). The lowest BCUT2D eigenvalue weighted by molar-refractivity contribution is 0.0945. The molecule has 0 aliphatic rings. The molecular formula is C12H13N3O3S. The second-order valence-electron chi connectivity index (χ2n) is 3.94. The van der Waals surface area contributed by atoms with Crippen LogP contribution >= 0.6 is 0 Å². The van der Waals surface area contributed by atoms with Crippen LogP contribution in [0.4, 0.5) is 0 Å². The number of carbonyl (C=O) groups excluding carboxylic acids is 1. The van der Waals surface area contributed by atoms with Crippen LogP contribution in [0, 0.1) is 0 Å². The zero-order chi connectivity index (χ0) is 13.9. The smallest absolute Gasteiger partial charge is 0.268 e. The Morgan fingerprint density at radius 3 is 2.37 bits per heavy atom. The Kier molecular flexibility index (Phi) is 3.68. The second kappa shape index (κ2) is 5.25. The second-order valence-corrected chi connectivity index (χ2v) is 5.68. The third-order valence-electron chi connectivity index (χ3n) is 2.38. The topological polar surface area (TPSA) is 80.2 Å². The van der Waals surface area contributed by atoms with E-state index in [-0.39, 0.29) is 0 Å². The molecule has 0 spiro atoms. The van der Waals surface area contributed by atoms with Crippen molar-refractivity contribution in [1.29, 1.82) is 0 Å². The molecule has 0 radical (unpaired) electrons. The molecule has 7 heteroatoms. The van der Waals surface area contributed by atoms with Gasteiger partial charge in [-0.2, -0.15) is 0 Å². The first-order chi connectivity index (χ1) is 8.97. The summed E-state index contributed by atoms with van der Waals surface area (Å²) < 4.78 is 23.7. The number of aromatic nitrogens is 1. The summed E-state index contributed by atoms with van der Waals surface area (Å²) >= 11 is 0. The third kappa shape index (κ3) is 3.43. The van der Waals surface area contributed by atoms with Crippen molar-refractivity contribution in [3.8, 4) is 5.69 Å². The highest BCUT2D eigenvalue weighted by Gasteiger charge is 2.12. The highest BCUT2D eigenvalue weighted by Crippen LogP contribution is 2.14. The number of sulfonamides is 1. The molecule has 0 fully saturated rings. The van der Waals surface area contributed by atoms with Crippen molar-refractivity contribution in [2.24, 2.45) is 0 Å². The fourth-order valence-corrected chi connectivity index (χ4v) is 1.87. The van der Waals surface area contributed by atoms with Crippen LogP contribution in [0.3, 0.4) is 0 Å². The molecule has 0 atom stereocenters. The standard InChI is InChI=1S/C12H13N3O3S/c1-19(17,18)14-13-12(16)10-6-2-3-7-11(10)15-8-4-5-9-15/h2-9,14H,1H3,(H,13,16). The van der Waals surface area contributed by atoms with E-state index in [0.29, 0.717) is 11.3 Å². The molecule has 0 bridgehead atoms. The molecule has 1 heterocycles. The van der Waals surface area contributed by atoms with Gasteiger partial charge in [0.2, 0.25) is 10.0 Å². The number of nitrogens with one attached hydrogen (secondary N) is 2. The number of para-hydroxylation sites is 1. The molecule has 6 nitrogen and oxygen atoms in total. The Labute approximate surface area is 111 Å². The number of hydrogen-bond acceptors (Lipinski definition) is 3. The van der Waals surface area contributed by atoms with Crippen LogP contribution in [0.15, 0.2) is 48.8 Å². The van der Waals surface area contributed by atoms with Gasteiger partial charge in [-0.3, -0.25) is 10.2 Å². The molecule has 0 unspecified atom stereocenters. The van der Waals surface area contributed by atoms with Gasteiger partial charge in [0.15, 0.2) is 0 Å². The molecule has 1 aromatic carbocycles. The quantitative estimate of drug-likeness (QED) is 0.807. The van der Waals surface area contributed by atoms with Crippen LogP contribution in [0.5, 0.6) is 0 Å². The number of carbonyl (C=O) groups is 1. The van der Waals surface area contributed by atoms with Gasteiger partial charge in [0.05, 0.1) is 17.5 Å². The highest BCUT2D eigenvalue weighted by molar-refractivity contribution is 7.88. The first kappa shape index (κ1) is 13.3. The molecule has 0 aliphatic heterocycles. The van der Waals surface area contributed by atoms with E-state index < -0.39 is 15.9 Å². The molecular weight excluding hydrogens is 266 g/mol. The molecule has 0 saturated carbocycles. The van der Waals surface area contributed by atoms with E-state index in [0.717, 1.165) is 6.26 Å². The highest BCUT2D eigenvalue weighted by atomic mass is 32.2. The SMILES string of the molecule is CS(=O)(=O)NNC(=O)c1ccccc1-n1cccc1. The molecule has 0 saturated heterocycles. The number of hydrogen-bond donors (Lipinski definition) is 2. The minimum absolute atomic E-state index is 0.370. The lowest BCUT2D eigenvalue weighted by Crippen LogP contribution is -2.41. The normalized spacial score (nSPS) is 11.2. The summed E-state index contributed by atoms with van der Waals surface area (Å²) in [6.45, 7) is 0. The molecule has 19 heavy (non-hydrogen) atoms. The monoisotopic (exact) mass is 279 g/mol. The summed E-state index contributed by atoms with van der Waals surface area (Å²) in [6, 6.07) is 10.6. The molecule has 1 aromatic heterocycles. The first-order valence-corrected chi connectivity index (χ1v) is 7.36. The summed E-state index contributed by atoms with van der Waals surface area (Å²) in [4.78, 5) is 13.9. The van der Waals surface area contributed by atoms with Crippen molar-refractivity contribution in [1.82, 2.24) is 14.8 Å². The fraction of sp³-hybridized carbons (Fsp3) is 0.0833. The van der Waals surface area contributed by atoms with Crippen LogP contribution in [0.2, 0.25) is 0 Å². The summed E-state index contributed by atoms with van der Waals surface area (Å²) in [5, 5.41) is 0. The maximum atomic E-state index is 12.0. The Morgan fingerprint density at radius 1 is 1.11 bits per heavy atom. The van der Waals surface area contributed by atoms with Crippen LogP contribution in [0.25, 0.3) is 5.69 Å². The largest absolute Gasteiger partial charge is 0.323 e. The van der Waals surface area contributed by atoms with Crippen molar-refractivity contribution in [3.63, 3.8) is 0 Å². The van der Waals surface area contributed by atoms with Crippen molar-refractivity contribution in [2.45, 2.75) is 0 Å². The van der Waals surface area contributed by atoms with Gasteiger partial charge in [0, 0.05) is 12.4 Å². The van der Waals surface area contributed by atoms with Gasteiger partial charge in [-0.1, -0.05) is 12.1 Å².